The van der Waals surface area contributed by atoms with Crippen molar-refractivity contribution in [3.8, 4) is 11.8 Å². The predicted molar refractivity (Wildman–Crippen MR) is 52.8 cm³/mol. The van der Waals surface area contributed by atoms with E-state index in [1.165, 1.54) is 0 Å². The minimum absolute atomic E-state index is 0.125. The molecular formula is C11H11NO2. The van der Waals surface area contributed by atoms with Crippen LogP contribution in [0.1, 0.15) is 23.4 Å². The fourth-order valence-electron chi connectivity index (χ4n) is 1.13. The van der Waals surface area contributed by atoms with Crippen molar-refractivity contribution >= 4 is 5.97 Å². The van der Waals surface area contributed by atoms with Crippen molar-refractivity contribution in [2.24, 2.45) is 0 Å². The van der Waals surface area contributed by atoms with Gasteiger partial charge in [-0.1, -0.05) is 11.8 Å². The van der Waals surface area contributed by atoms with Gasteiger partial charge < -0.3 is 5.11 Å². The molecule has 0 fully saturated rings. The molecule has 0 aliphatic heterocycles. The van der Waals surface area contributed by atoms with Crippen molar-refractivity contribution in [2.75, 3.05) is 0 Å². The molecule has 0 bridgehead atoms. The lowest BCUT2D eigenvalue weighted by atomic mass is 10.2. The highest BCUT2D eigenvalue weighted by atomic mass is 16.4. The number of pyridine rings is 1. The van der Waals surface area contributed by atoms with E-state index in [1.54, 1.807) is 0 Å². The summed E-state index contributed by atoms with van der Waals surface area (Å²) in [4.78, 5) is 14.4. The quantitative estimate of drug-likeness (QED) is 0.681. The lowest BCUT2D eigenvalue weighted by Gasteiger charge is -1.96. The highest BCUT2D eigenvalue weighted by Crippen LogP contribution is 2.02. The van der Waals surface area contributed by atoms with Crippen molar-refractivity contribution < 1.29 is 9.90 Å². The number of rotatable bonds is 1. The smallest absolute Gasteiger partial charge is 0.315 e. The summed E-state index contributed by atoms with van der Waals surface area (Å²) >= 11 is 0. The van der Waals surface area contributed by atoms with Crippen molar-refractivity contribution in [3.63, 3.8) is 0 Å². The second-order valence-electron chi connectivity index (χ2n) is 3.01. The van der Waals surface area contributed by atoms with Crippen LogP contribution >= 0.6 is 0 Å². The number of aryl methyl sites for hydroxylation is 2. The topological polar surface area (TPSA) is 50.2 Å². The number of hydrogen-bond donors (Lipinski definition) is 1. The number of aromatic nitrogens is 1. The average Bonchev–Trinajstić information content (AvgIpc) is 2.01. The van der Waals surface area contributed by atoms with E-state index >= 15 is 0 Å². The van der Waals surface area contributed by atoms with Crippen molar-refractivity contribution in [3.05, 3.63) is 29.1 Å². The normalized spacial score (nSPS) is 9.00. The lowest BCUT2D eigenvalue weighted by Crippen LogP contribution is -1.91. The first-order valence-electron chi connectivity index (χ1n) is 4.24. The molecule has 0 aliphatic carbocycles. The Morgan fingerprint density at radius 3 is 2.50 bits per heavy atom. The van der Waals surface area contributed by atoms with Gasteiger partial charge >= 0.3 is 5.97 Å². The van der Waals surface area contributed by atoms with Crippen LogP contribution < -0.4 is 0 Å². The van der Waals surface area contributed by atoms with Gasteiger partial charge in [-0.15, -0.1) is 0 Å². The van der Waals surface area contributed by atoms with Crippen LogP contribution in [-0.4, -0.2) is 16.1 Å². The van der Waals surface area contributed by atoms with Crippen LogP contribution in [0, 0.1) is 25.7 Å². The molecule has 72 valence electrons. The molecule has 0 saturated carbocycles. The van der Waals surface area contributed by atoms with E-state index in [2.05, 4.69) is 16.8 Å². The lowest BCUT2D eigenvalue weighted by molar-refractivity contribution is -0.135. The molecule has 0 amide bonds. The Morgan fingerprint density at radius 2 is 2.00 bits per heavy atom. The third-order valence-corrected chi connectivity index (χ3v) is 1.55. The fourth-order valence-corrected chi connectivity index (χ4v) is 1.13. The molecule has 0 radical (unpaired) electrons. The Labute approximate surface area is 82.8 Å². The van der Waals surface area contributed by atoms with Gasteiger partial charge in [0.2, 0.25) is 0 Å². The van der Waals surface area contributed by atoms with Crippen LogP contribution in [0.4, 0.5) is 0 Å². The fraction of sp³-hybridized carbons (Fsp3) is 0.273. The maximum atomic E-state index is 10.2. The summed E-state index contributed by atoms with van der Waals surface area (Å²) in [6, 6.07) is 3.67. The molecule has 3 nitrogen and oxygen atoms in total. The summed E-state index contributed by atoms with van der Waals surface area (Å²) < 4.78 is 0. The van der Waals surface area contributed by atoms with Crippen LogP contribution in [0.15, 0.2) is 12.1 Å². The Hall–Kier alpha value is -1.82. The number of hydrogen-bond acceptors (Lipinski definition) is 2. The molecule has 1 aromatic heterocycles. The highest BCUT2D eigenvalue weighted by Gasteiger charge is 1.93. The van der Waals surface area contributed by atoms with Gasteiger partial charge in [-0.2, -0.15) is 0 Å². The molecule has 1 rings (SSSR count). The minimum atomic E-state index is -0.903. The standard InChI is InChI=1S/C11H11NO2/c1-8-6-10(7-9(2)12-8)4-3-5-11(13)14/h6-7H,5H2,1-2H3,(H,13,14). The van der Waals surface area contributed by atoms with Crippen LogP contribution in [0.5, 0.6) is 0 Å². The number of carboxylic acids is 1. The summed E-state index contributed by atoms with van der Waals surface area (Å²) in [5, 5.41) is 8.39. The molecule has 14 heavy (non-hydrogen) atoms. The van der Waals surface area contributed by atoms with Crippen LogP contribution in [0.3, 0.4) is 0 Å². The Morgan fingerprint density at radius 1 is 1.43 bits per heavy atom. The summed E-state index contributed by atoms with van der Waals surface area (Å²) in [7, 11) is 0. The van der Waals surface area contributed by atoms with E-state index in [4.69, 9.17) is 5.11 Å². The van der Waals surface area contributed by atoms with Gasteiger partial charge in [0.1, 0.15) is 6.42 Å². The van der Waals surface area contributed by atoms with E-state index < -0.39 is 5.97 Å². The van der Waals surface area contributed by atoms with E-state index in [-0.39, 0.29) is 6.42 Å². The first-order valence-corrected chi connectivity index (χ1v) is 4.24. The molecule has 1 heterocycles. The molecule has 0 unspecified atom stereocenters. The molecule has 1 N–H and O–H groups in total. The van der Waals surface area contributed by atoms with Gasteiger partial charge in [0.05, 0.1) is 0 Å². The first-order chi connectivity index (χ1) is 6.58. The molecule has 0 spiro atoms. The van der Waals surface area contributed by atoms with E-state index in [0.717, 1.165) is 17.0 Å². The first kappa shape index (κ1) is 10.3. The minimum Gasteiger partial charge on any atom is -0.481 e. The van der Waals surface area contributed by atoms with Crippen molar-refractivity contribution in [1.29, 1.82) is 0 Å². The van der Waals surface area contributed by atoms with Crippen molar-refractivity contribution in [1.82, 2.24) is 4.98 Å². The van der Waals surface area contributed by atoms with Gasteiger partial charge in [-0.3, -0.25) is 9.78 Å². The number of aliphatic carboxylic acids is 1. The molecule has 3 heteroatoms. The summed E-state index contributed by atoms with van der Waals surface area (Å²) in [5.41, 5.74) is 2.60. The summed E-state index contributed by atoms with van der Waals surface area (Å²) in [5.74, 6) is 4.46. The van der Waals surface area contributed by atoms with Gasteiger partial charge in [-0.25, -0.2) is 0 Å². The molecule has 0 aromatic carbocycles. The molecule has 0 aliphatic rings. The molecule has 0 atom stereocenters. The largest absolute Gasteiger partial charge is 0.481 e. The van der Waals surface area contributed by atoms with E-state index in [0.29, 0.717) is 0 Å². The zero-order valence-electron chi connectivity index (χ0n) is 8.16. The summed E-state index contributed by atoms with van der Waals surface area (Å²) in [6.45, 7) is 3.77. The van der Waals surface area contributed by atoms with E-state index in [9.17, 15) is 4.79 Å². The van der Waals surface area contributed by atoms with E-state index in [1.807, 2.05) is 26.0 Å². The molecular weight excluding hydrogens is 178 g/mol. The summed E-state index contributed by atoms with van der Waals surface area (Å²) in [6.07, 6.45) is -0.125. The second-order valence-corrected chi connectivity index (χ2v) is 3.01. The zero-order valence-corrected chi connectivity index (χ0v) is 8.16. The Bertz CT molecular complexity index is 393. The number of carbonyl (C=O) groups is 1. The SMILES string of the molecule is Cc1cc(C#CCC(=O)O)cc(C)n1. The third-order valence-electron chi connectivity index (χ3n) is 1.55. The average molecular weight is 189 g/mol. The second kappa shape index (κ2) is 4.43. The monoisotopic (exact) mass is 189 g/mol. The predicted octanol–water partition coefficient (Wildman–Crippen LogP) is 1.52. The van der Waals surface area contributed by atoms with Crippen LogP contribution in [-0.2, 0) is 4.79 Å². The maximum Gasteiger partial charge on any atom is 0.315 e. The molecule has 0 saturated heterocycles. The third kappa shape index (κ3) is 3.28. The molecule has 1 aromatic rings. The van der Waals surface area contributed by atoms with Crippen LogP contribution in [0.2, 0.25) is 0 Å². The van der Waals surface area contributed by atoms with Gasteiger partial charge in [0, 0.05) is 17.0 Å². The van der Waals surface area contributed by atoms with Crippen molar-refractivity contribution in [2.45, 2.75) is 20.3 Å². The Balaban J connectivity index is 2.84. The van der Waals surface area contributed by atoms with Crippen LogP contribution in [0.25, 0.3) is 0 Å². The number of carboxylic acid groups (broad SMARTS) is 1. The zero-order chi connectivity index (χ0) is 10.6. The van der Waals surface area contributed by atoms with Gasteiger partial charge in [-0.05, 0) is 26.0 Å². The van der Waals surface area contributed by atoms with Gasteiger partial charge in [0.25, 0.3) is 0 Å². The number of nitrogens with zero attached hydrogens (tertiary/aromatic N) is 1. The van der Waals surface area contributed by atoms with Gasteiger partial charge in [0.15, 0.2) is 0 Å². The maximum absolute atomic E-state index is 10.2. The highest BCUT2D eigenvalue weighted by molar-refractivity contribution is 5.70. The Kier molecular flexibility index (Phi) is 3.24.